The quantitative estimate of drug-likeness (QED) is 0.742. The molecule has 3 atom stereocenters. The van der Waals surface area contributed by atoms with Gasteiger partial charge in [0, 0.05) is 19.0 Å². The van der Waals surface area contributed by atoms with E-state index in [-0.39, 0.29) is 23.2 Å². The number of aliphatic carboxylic acids is 1. The van der Waals surface area contributed by atoms with Crippen LogP contribution in [0, 0.1) is 16.7 Å². The van der Waals surface area contributed by atoms with Crippen molar-refractivity contribution in [2.75, 3.05) is 13.1 Å². The Kier molecular flexibility index (Phi) is 4.57. The number of hydrogen-bond donors (Lipinski definition) is 2. The number of allylic oxidation sites excluding steroid dienone is 2. The minimum absolute atomic E-state index is 0.0118. The summed E-state index contributed by atoms with van der Waals surface area (Å²) in [6.07, 6.45) is 9.94. The van der Waals surface area contributed by atoms with Gasteiger partial charge >= 0.3 is 5.97 Å². The number of piperidine rings is 1. The van der Waals surface area contributed by atoms with Gasteiger partial charge in [0.2, 0.25) is 0 Å². The fraction of sp³-hybridized carbons (Fsp3) is 0.417. The Morgan fingerprint density at radius 3 is 2.55 bits per heavy atom. The number of carboxylic acid groups (broad SMARTS) is 1. The van der Waals surface area contributed by atoms with Crippen molar-refractivity contribution in [3.63, 3.8) is 0 Å². The summed E-state index contributed by atoms with van der Waals surface area (Å²) < 4.78 is 0. The van der Waals surface area contributed by atoms with Crippen LogP contribution >= 0.6 is 0 Å². The van der Waals surface area contributed by atoms with Gasteiger partial charge in [-0.15, -0.1) is 5.10 Å². The number of H-pyrrole nitrogens is 1. The molecule has 0 bridgehead atoms. The van der Waals surface area contributed by atoms with Gasteiger partial charge in [0.15, 0.2) is 0 Å². The highest BCUT2D eigenvalue weighted by Gasteiger charge is 2.65. The van der Waals surface area contributed by atoms with E-state index in [9.17, 15) is 14.7 Å². The Hall–Kier alpha value is -3.22. The summed E-state index contributed by atoms with van der Waals surface area (Å²) in [4.78, 5) is 26.9. The number of amides is 1. The average molecular weight is 418 g/mol. The molecule has 1 spiro atoms. The molecule has 2 aliphatic carbocycles. The van der Waals surface area contributed by atoms with Crippen LogP contribution in [-0.4, -0.2) is 50.4 Å². The van der Waals surface area contributed by atoms with E-state index in [1.165, 1.54) is 11.8 Å². The third-order valence-corrected chi connectivity index (χ3v) is 7.51. The highest BCUT2D eigenvalue weighted by atomic mass is 16.4. The summed E-state index contributed by atoms with van der Waals surface area (Å²) in [5.41, 5.74) is 1.68. The van der Waals surface area contributed by atoms with E-state index in [1.807, 2.05) is 42.2 Å². The second kappa shape index (κ2) is 7.18. The molecule has 2 fully saturated rings. The Morgan fingerprint density at radius 1 is 1.19 bits per heavy atom. The lowest BCUT2D eigenvalue weighted by Gasteiger charge is -2.36. The van der Waals surface area contributed by atoms with Gasteiger partial charge in [-0.1, -0.05) is 59.3 Å². The maximum absolute atomic E-state index is 12.6. The van der Waals surface area contributed by atoms with Crippen molar-refractivity contribution in [1.29, 1.82) is 0 Å². The molecule has 3 unspecified atom stereocenters. The number of hydrogen-bond acceptors (Lipinski definition) is 4. The van der Waals surface area contributed by atoms with Crippen LogP contribution in [0.3, 0.4) is 0 Å². The summed E-state index contributed by atoms with van der Waals surface area (Å²) >= 11 is 0. The number of carbonyl (C=O) groups is 2. The molecule has 2 aromatic rings. The van der Waals surface area contributed by atoms with Gasteiger partial charge in [-0.2, -0.15) is 0 Å². The van der Waals surface area contributed by atoms with Gasteiger partial charge in [-0.3, -0.25) is 14.7 Å². The molecule has 1 saturated heterocycles. The first-order valence-corrected chi connectivity index (χ1v) is 10.8. The van der Waals surface area contributed by atoms with Gasteiger partial charge < -0.3 is 10.0 Å². The largest absolute Gasteiger partial charge is 0.480 e. The van der Waals surface area contributed by atoms with Crippen LogP contribution < -0.4 is 0 Å². The number of benzene rings is 1. The molecule has 2 heterocycles. The lowest BCUT2D eigenvalue weighted by molar-refractivity contribution is -0.145. The highest BCUT2D eigenvalue weighted by Crippen LogP contribution is 2.68. The van der Waals surface area contributed by atoms with Crippen molar-refractivity contribution in [1.82, 2.24) is 20.3 Å². The summed E-state index contributed by atoms with van der Waals surface area (Å²) in [5, 5.41) is 20.2. The second-order valence-corrected chi connectivity index (χ2v) is 9.16. The lowest BCUT2D eigenvalue weighted by Crippen LogP contribution is -2.42. The molecular formula is C24H26N4O3. The third-order valence-electron chi connectivity index (χ3n) is 7.51. The van der Waals surface area contributed by atoms with Crippen molar-refractivity contribution in [3.05, 3.63) is 71.6 Å². The van der Waals surface area contributed by atoms with E-state index in [2.05, 4.69) is 33.6 Å². The molecule has 5 rings (SSSR count). The van der Waals surface area contributed by atoms with E-state index in [0.717, 1.165) is 24.8 Å². The maximum atomic E-state index is 12.6. The highest BCUT2D eigenvalue weighted by molar-refractivity contribution is 5.92. The molecule has 2 N–H and O–H groups in total. The van der Waals surface area contributed by atoms with E-state index >= 15 is 0 Å². The van der Waals surface area contributed by atoms with Crippen LogP contribution in [0.2, 0.25) is 0 Å². The molecular weight excluding hydrogens is 392 g/mol. The summed E-state index contributed by atoms with van der Waals surface area (Å²) in [6.45, 7) is 3.29. The Bertz CT molecular complexity index is 1050. The van der Waals surface area contributed by atoms with Crippen molar-refractivity contribution in [2.24, 2.45) is 16.7 Å². The molecule has 3 aliphatic rings. The maximum Gasteiger partial charge on any atom is 0.317 e. The predicted molar refractivity (Wildman–Crippen MR) is 114 cm³/mol. The molecule has 0 radical (unpaired) electrons. The fourth-order valence-electron chi connectivity index (χ4n) is 5.66. The molecule has 7 nitrogen and oxygen atoms in total. The normalized spacial score (nSPS) is 28.9. The van der Waals surface area contributed by atoms with Crippen molar-refractivity contribution < 1.29 is 14.7 Å². The lowest BCUT2D eigenvalue weighted by atomic mass is 9.70. The SMILES string of the molecule is CC1=CC(C(=O)O)(C2CC23CCN(C(=O)c2cnn[nH]2)CC3)C=CC1c1ccccc1. The monoisotopic (exact) mass is 418 g/mol. The molecule has 31 heavy (non-hydrogen) atoms. The Labute approximate surface area is 180 Å². The zero-order valence-electron chi connectivity index (χ0n) is 17.5. The third kappa shape index (κ3) is 3.19. The number of aromatic amines is 1. The smallest absolute Gasteiger partial charge is 0.317 e. The molecule has 7 heteroatoms. The van der Waals surface area contributed by atoms with Crippen LogP contribution in [-0.2, 0) is 4.79 Å². The summed E-state index contributed by atoms with van der Waals surface area (Å²) in [5.74, 6) is -0.695. The zero-order chi connectivity index (χ0) is 21.6. The summed E-state index contributed by atoms with van der Waals surface area (Å²) in [7, 11) is 0. The number of rotatable bonds is 4. The number of carbonyl (C=O) groups excluding carboxylic acids is 1. The summed E-state index contributed by atoms with van der Waals surface area (Å²) in [6, 6.07) is 10.2. The molecule has 1 amide bonds. The van der Waals surface area contributed by atoms with E-state index < -0.39 is 11.4 Å². The van der Waals surface area contributed by atoms with Crippen LogP contribution in [0.15, 0.2) is 60.3 Å². The number of aromatic nitrogens is 3. The molecule has 1 aromatic carbocycles. The van der Waals surface area contributed by atoms with Crippen molar-refractivity contribution in [2.45, 2.75) is 32.1 Å². The Balaban J connectivity index is 1.33. The molecule has 1 aromatic heterocycles. The van der Waals surface area contributed by atoms with Gasteiger partial charge in [0.25, 0.3) is 5.91 Å². The number of carboxylic acids is 1. The van der Waals surface area contributed by atoms with Crippen LogP contribution in [0.4, 0.5) is 0 Å². The predicted octanol–water partition coefficient (Wildman–Crippen LogP) is 3.42. The standard InChI is InChI=1S/C24H26N4O3/c1-16-13-24(22(30)31,8-7-18(16)17-5-3-2-4-6-17)20-14-23(20)9-11-28(12-10-23)21(29)19-15-25-27-26-19/h2-8,13,15,18,20H,9-12,14H2,1H3,(H,30,31)(H,25,26,27). The Morgan fingerprint density at radius 2 is 1.94 bits per heavy atom. The first-order valence-electron chi connectivity index (χ1n) is 10.8. The zero-order valence-corrected chi connectivity index (χ0v) is 17.5. The number of nitrogens with one attached hydrogen (secondary N) is 1. The first kappa shape index (κ1) is 19.7. The molecule has 1 saturated carbocycles. The topological polar surface area (TPSA) is 99.2 Å². The van der Waals surface area contributed by atoms with Crippen molar-refractivity contribution in [3.8, 4) is 0 Å². The van der Waals surface area contributed by atoms with Gasteiger partial charge in [-0.05, 0) is 43.1 Å². The molecule has 1 aliphatic heterocycles. The van der Waals surface area contributed by atoms with Gasteiger partial charge in [0.05, 0.1) is 6.20 Å². The fourth-order valence-corrected chi connectivity index (χ4v) is 5.66. The number of nitrogens with zero attached hydrogens (tertiary/aromatic N) is 3. The van der Waals surface area contributed by atoms with E-state index in [1.54, 1.807) is 0 Å². The van der Waals surface area contributed by atoms with Gasteiger partial charge in [-0.25, -0.2) is 0 Å². The minimum Gasteiger partial charge on any atom is -0.480 e. The number of likely N-dealkylation sites (tertiary alicyclic amines) is 1. The second-order valence-electron chi connectivity index (χ2n) is 9.16. The van der Waals surface area contributed by atoms with Crippen LogP contribution in [0.1, 0.15) is 48.2 Å². The van der Waals surface area contributed by atoms with Crippen LogP contribution in [0.5, 0.6) is 0 Å². The van der Waals surface area contributed by atoms with Crippen LogP contribution in [0.25, 0.3) is 0 Å². The minimum atomic E-state index is -0.963. The average Bonchev–Trinajstić information content (AvgIpc) is 3.22. The van der Waals surface area contributed by atoms with Gasteiger partial charge in [0.1, 0.15) is 11.1 Å². The van der Waals surface area contributed by atoms with E-state index in [4.69, 9.17) is 0 Å². The first-order chi connectivity index (χ1) is 15.0. The molecule has 160 valence electrons. The van der Waals surface area contributed by atoms with E-state index in [0.29, 0.717) is 18.8 Å². The van der Waals surface area contributed by atoms with Crippen molar-refractivity contribution >= 4 is 11.9 Å².